The Labute approximate surface area is 171 Å². The molecule has 0 aliphatic rings. The first-order valence-corrected chi connectivity index (χ1v) is 9.90. The van der Waals surface area contributed by atoms with Gasteiger partial charge in [0.1, 0.15) is 5.75 Å². The number of imidazole rings is 1. The van der Waals surface area contributed by atoms with Crippen molar-refractivity contribution in [2.75, 3.05) is 7.11 Å². The van der Waals surface area contributed by atoms with Crippen molar-refractivity contribution in [2.24, 2.45) is 0 Å². The largest absolute Gasteiger partial charge is 0.497 e. The van der Waals surface area contributed by atoms with E-state index in [9.17, 15) is 0 Å². The number of hydrogen-bond acceptors (Lipinski definition) is 6. The Kier molecular flexibility index (Phi) is 5.36. The van der Waals surface area contributed by atoms with Crippen LogP contribution in [0.15, 0.2) is 64.4 Å². The van der Waals surface area contributed by atoms with Crippen molar-refractivity contribution >= 4 is 23.4 Å². The van der Waals surface area contributed by atoms with Crippen LogP contribution in [-0.2, 0) is 5.75 Å². The van der Waals surface area contributed by atoms with Crippen molar-refractivity contribution in [2.45, 2.75) is 17.8 Å². The van der Waals surface area contributed by atoms with Crippen LogP contribution in [0.2, 0.25) is 5.02 Å². The summed E-state index contributed by atoms with van der Waals surface area (Å²) in [5.74, 6) is 2.31. The smallest absolute Gasteiger partial charge is 0.247 e. The van der Waals surface area contributed by atoms with Crippen LogP contribution in [0.4, 0.5) is 0 Å². The van der Waals surface area contributed by atoms with Crippen molar-refractivity contribution in [3.05, 3.63) is 71.3 Å². The molecule has 4 rings (SSSR count). The lowest BCUT2D eigenvalue weighted by Crippen LogP contribution is -1.98. The van der Waals surface area contributed by atoms with E-state index in [4.69, 9.17) is 20.8 Å². The van der Waals surface area contributed by atoms with Gasteiger partial charge in [-0.05, 0) is 48.9 Å². The maximum absolute atomic E-state index is 6.25. The molecule has 0 atom stereocenters. The predicted octanol–water partition coefficient (Wildman–Crippen LogP) is 5.19. The summed E-state index contributed by atoms with van der Waals surface area (Å²) in [7, 11) is 1.63. The van der Waals surface area contributed by atoms with E-state index < -0.39 is 0 Å². The molecule has 6 nitrogen and oxygen atoms in total. The molecule has 0 N–H and O–H groups in total. The van der Waals surface area contributed by atoms with E-state index >= 15 is 0 Å². The van der Waals surface area contributed by atoms with E-state index in [1.54, 1.807) is 13.3 Å². The molecule has 2 aromatic carbocycles. The lowest BCUT2D eigenvalue weighted by Gasteiger charge is -2.10. The van der Waals surface area contributed by atoms with Gasteiger partial charge in [0.25, 0.3) is 0 Å². The molecule has 0 amide bonds. The molecule has 0 radical (unpaired) electrons. The fraction of sp³-hybridized carbons (Fsp3) is 0.150. The van der Waals surface area contributed by atoms with Crippen LogP contribution < -0.4 is 4.74 Å². The Morgan fingerprint density at radius 3 is 2.75 bits per heavy atom. The SMILES string of the molecule is COc1ccc(-c2nnc(CSc3nccn3-c3cccc(Cl)c3C)o2)cc1. The van der Waals surface area contributed by atoms with Crippen LogP contribution in [-0.4, -0.2) is 26.9 Å². The molecule has 0 aliphatic heterocycles. The number of ether oxygens (including phenoxy) is 1. The number of methoxy groups -OCH3 is 1. The number of benzene rings is 2. The summed E-state index contributed by atoms with van der Waals surface area (Å²) in [6.07, 6.45) is 3.68. The van der Waals surface area contributed by atoms with Gasteiger partial charge >= 0.3 is 0 Å². The lowest BCUT2D eigenvalue weighted by molar-refractivity contribution is 0.415. The van der Waals surface area contributed by atoms with Crippen molar-refractivity contribution in [3.63, 3.8) is 0 Å². The quantitative estimate of drug-likeness (QED) is 0.406. The molecule has 0 spiro atoms. The van der Waals surface area contributed by atoms with Crippen LogP contribution in [0.25, 0.3) is 17.1 Å². The minimum absolute atomic E-state index is 0.479. The second-order valence-corrected chi connectivity index (χ2v) is 7.33. The second kappa shape index (κ2) is 8.08. The van der Waals surface area contributed by atoms with E-state index in [-0.39, 0.29) is 0 Å². The van der Waals surface area contributed by atoms with Gasteiger partial charge in [0.2, 0.25) is 11.8 Å². The number of rotatable bonds is 6. The number of aromatic nitrogens is 4. The van der Waals surface area contributed by atoms with E-state index in [0.717, 1.165) is 32.7 Å². The molecule has 2 heterocycles. The molecular formula is C20H17ClN4O2S. The first-order valence-electron chi connectivity index (χ1n) is 8.54. The summed E-state index contributed by atoms with van der Waals surface area (Å²) < 4.78 is 13.0. The molecular weight excluding hydrogens is 396 g/mol. The first kappa shape index (κ1) is 18.6. The van der Waals surface area contributed by atoms with Gasteiger partial charge in [-0.2, -0.15) is 0 Å². The van der Waals surface area contributed by atoms with Crippen LogP contribution in [0.3, 0.4) is 0 Å². The van der Waals surface area contributed by atoms with Gasteiger partial charge < -0.3 is 9.15 Å². The molecule has 0 unspecified atom stereocenters. The minimum atomic E-state index is 0.479. The molecule has 0 fully saturated rings. The Balaban J connectivity index is 1.50. The maximum Gasteiger partial charge on any atom is 0.247 e. The number of hydrogen-bond donors (Lipinski definition) is 0. The fourth-order valence-corrected chi connectivity index (χ4v) is 3.70. The minimum Gasteiger partial charge on any atom is -0.497 e. The van der Waals surface area contributed by atoms with Gasteiger partial charge in [-0.15, -0.1) is 10.2 Å². The van der Waals surface area contributed by atoms with Crippen LogP contribution in [0.1, 0.15) is 11.5 Å². The van der Waals surface area contributed by atoms with Crippen molar-refractivity contribution in [3.8, 4) is 22.9 Å². The van der Waals surface area contributed by atoms with Crippen LogP contribution in [0.5, 0.6) is 5.75 Å². The van der Waals surface area contributed by atoms with E-state index in [1.165, 1.54) is 11.8 Å². The highest BCUT2D eigenvalue weighted by Crippen LogP contribution is 2.29. The third-order valence-corrected chi connectivity index (χ3v) is 5.60. The topological polar surface area (TPSA) is 66.0 Å². The van der Waals surface area contributed by atoms with Gasteiger partial charge in [-0.1, -0.05) is 29.4 Å². The van der Waals surface area contributed by atoms with Crippen LogP contribution in [0, 0.1) is 6.92 Å². The molecule has 4 aromatic rings. The normalized spacial score (nSPS) is 11.0. The van der Waals surface area contributed by atoms with Gasteiger partial charge in [0, 0.05) is 23.0 Å². The number of halogens is 1. The Morgan fingerprint density at radius 2 is 1.96 bits per heavy atom. The summed E-state index contributed by atoms with van der Waals surface area (Å²) >= 11 is 7.78. The molecule has 142 valence electrons. The highest BCUT2D eigenvalue weighted by molar-refractivity contribution is 7.98. The average Bonchev–Trinajstić information content (AvgIpc) is 3.38. The van der Waals surface area contributed by atoms with Gasteiger partial charge in [0.15, 0.2) is 5.16 Å². The molecule has 8 heteroatoms. The predicted molar refractivity (Wildman–Crippen MR) is 109 cm³/mol. The zero-order valence-corrected chi connectivity index (χ0v) is 16.9. The zero-order valence-electron chi connectivity index (χ0n) is 15.3. The zero-order chi connectivity index (χ0) is 19.5. The molecule has 28 heavy (non-hydrogen) atoms. The molecule has 0 bridgehead atoms. The molecule has 0 saturated heterocycles. The maximum atomic E-state index is 6.25. The Morgan fingerprint density at radius 1 is 1.14 bits per heavy atom. The summed E-state index contributed by atoms with van der Waals surface area (Å²) in [6.45, 7) is 1.99. The highest BCUT2D eigenvalue weighted by Gasteiger charge is 2.13. The number of thioether (sulfide) groups is 1. The van der Waals surface area contributed by atoms with Gasteiger partial charge in [0.05, 0.1) is 18.6 Å². The van der Waals surface area contributed by atoms with E-state index in [2.05, 4.69) is 15.2 Å². The fourth-order valence-electron chi connectivity index (χ4n) is 2.73. The summed E-state index contributed by atoms with van der Waals surface area (Å²) in [5, 5.41) is 9.83. The molecule has 2 aromatic heterocycles. The monoisotopic (exact) mass is 412 g/mol. The molecule has 0 saturated carbocycles. The summed E-state index contributed by atoms with van der Waals surface area (Å²) in [5.41, 5.74) is 2.85. The van der Waals surface area contributed by atoms with E-state index in [1.807, 2.05) is 60.2 Å². The lowest BCUT2D eigenvalue weighted by atomic mass is 10.2. The first-order chi connectivity index (χ1) is 13.7. The van der Waals surface area contributed by atoms with Crippen LogP contribution >= 0.6 is 23.4 Å². The van der Waals surface area contributed by atoms with Crippen molar-refractivity contribution in [1.29, 1.82) is 0 Å². The second-order valence-electron chi connectivity index (χ2n) is 5.98. The van der Waals surface area contributed by atoms with E-state index in [0.29, 0.717) is 17.5 Å². The Hall–Kier alpha value is -2.77. The average molecular weight is 413 g/mol. The molecule has 0 aliphatic carbocycles. The summed E-state index contributed by atoms with van der Waals surface area (Å²) in [6, 6.07) is 13.3. The van der Waals surface area contributed by atoms with Gasteiger partial charge in [-0.3, -0.25) is 4.57 Å². The van der Waals surface area contributed by atoms with Crippen molar-refractivity contribution in [1.82, 2.24) is 19.7 Å². The Bertz CT molecular complexity index is 1090. The highest BCUT2D eigenvalue weighted by atomic mass is 35.5. The van der Waals surface area contributed by atoms with Gasteiger partial charge in [-0.25, -0.2) is 4.98 Å². The third kappa shape index (κ3) is 3.76. The third-order valence-electron chi connectivity index (χ3n) is 4.23. The summed E-state index contributed by atoms with van der Waals surface area (Å²) in [4.78, 5) is 4.44. The number of nitrogens with zero attached hydrogens (tertiary/aromatic N) is 4. The standard InChI is InChI=1S/C20H17ClN4O2S/c1-13-16(21)4-3-5-17(13)25-11-10-22-20(25)28-12-18-23-24-19(27-18)14-6-8-15(26-2)9-7-14/h3-11H,12H2,1-2H3. The van der Waals surface area contributed by atoms with Crippen molar-refractivity contribution < 1.29 is 9.15 Å².